The van der Waals surface area contributed by atoms with E-state index in [1.807, 2.05) is 0 Å². The number of hydrogen-bond acceptors (Lipinski definition) is 14. The van der Waals surface area contributed by atoms with Crippen molar-refractivity contribution in [2.75, 3.05) is 20.3 Å². The van der Waals surface area contributed by atoms with Crippen LogP contribution in [0.2, 0.25) is 0 Å². The number of aliphatic hydroxyl groups excluding tert-OH is 4. The van der Waals surface area contributed by atoms with Gasteiger partial charge in [-0.05, 0) is 75.7 Å². The summed E-state index contributed by atoms with van der Waals surface area (Å²) in [6.45, 7) is 14.3. The Kier molecular flexibility index (Phi) is 23.9. The molecule has 14 nitrogen and oxygen atoms in total. The number of rotatable bonds is 28. The number of esters is 3. The number of Topliss-reactive ketones (excluding diaryl/α,β-unsaturated/α-hetero) is 1. The monoisotopic (exact) mass is 812 g/mol. The largest absolute Gasteiger partial charge is 0.466 e. The van der Waals surface area contributed by atoms with Gasteiger partial charge in [0.05, 0.1) is 45.1 Å². The molecule has 0 amide bonds. The Morgan fingerprint density at radius 3 is 2.21 bits per heavy atom. The van der Waals surface area contributed by atoms with Crippen LogP contribution in [0.4, 0.5) is 0 Å². The van der Waals surface area contributed by atoms with E-state index in [2.05, 4.69) is 27.4 Å². The molecular formula is C43H72O14. The number of ketones is 1. The van der Waals surface area contributed by atoms with Gasteiger partial charge >= 0.3 is 17.9 Å². The van der Waals surface area contributed by atoms with Crippen LogP contribution in [0.3, 0.4) is 0 Å². The minimum atomic E-state index is -2.18. The maximum atomic E-state index is 12.9. The van der Waals surface area contributed by atoms with Crippen LogP contribution < -0.4 is 0 Å². The molecule has 0 aliphatic carbocycles. The summed E-state index contributed by atoms with van der Waals surface area (Å²) in [4.78, 5) is 49.6. The van der Waals surface area contributed by atoms with E-state index in [0.29, 0.717) is 36.9 Å². The van der Waals surface area contributed by atoms with Gasteiger partial charge in [-0.25, -0.2) is 4.79 Å². The summed E-state index contributed by atoms with van der Waals surface area (Å²) >= 11 is 0. The molecule has 1 fully saturated rings. The molecule has 1 rings (SSSR count). The summed E-state index contributed by atoms with van der Waals surface area (Å²) in [5.74, 6) is -4.24. The molecule has 4 unspecified atom stereocenters. The number of allylic oxidation sites excluding steroid dienone is 1. The van der Waals surface area contributed by atoms with Crippen LogP contribution in [0, 0.1) is 29.1 Å². The fourth-order valence-corrected chi connectivity index (χ4v) is 7.66. The number of unbranched alkanes of at least 4 members (excludes halogenated alkanes) is 1. The average molecular weight is 813 g/mol. The summed E-state index contributed by atoms with van der Waals surface area (Å²) in [6.07, 6.45) is 4.41. The Bertz CT molecular complexity index is 1310. The molecule has 1 aliphatic rings. The molecule has 9 atom stereocenters. The van der Waals surface area contributed by atoms with Gasteiger partial charge in [-0.3, -0.25) is 9.59 Å². The maximum absolute atomic E-state index is 12.9. The van der Waals surface area contributed by atoms with Gasteiger partial charge in [-0.1, -0.05) is 65.2 Å². The molecular weight excluding hydrogens is 740 g/mol. The maximum Gasteiger partial charge on any atom is 0.330 e. The number of methoxy groups -OCH3 is 1. The van der Waals surface area contributed by atoms with E-state index >= 15 is 0 Å². The van der Waals surface area contributed by atoms with Crippen LogP contribution in [0.25, 0.3) is 0 Å². The van der Waals surface area contributed by atoms with Gasteiger partial charge in [-0.2, -0.15) is 0 Å². The summed E-state index contributed by atoms with van der Waals surface area (Å²) in [5.41, 5.74) is -1.04. The van der Waals surface area contributed by atoms with E-state index in [1.165, 1.54) is 20.1 Å². The molecule has 0 aromatic rings. The van der Waals surface area contributed by atoms with Gasteiger partial charge in [0.25, 0.3) is 0 Å². The minimum Gasteiger partial charge on any atom is -0.466 e. The standard InChI is InChI=1S/C43H72O14/c1-9-10-11-17-55-40(51)20-30(4)19-29(3)18-28(2)13-12-14-33(46)24-34(47)25-41(52)56-36(27-44)26-35-22-32(23-39(50)54-8)37(21-31(5)45)43(53,57-35)42(6,7)16-15-38(48)49/h9,15-16,23,28-30,33-38,44,46-49,53H,1,10-14,17-22,24-27H2,2-8H3/b16-15+,32-23+/t28?,29?,30?,33-,34+,35?,36+,37-,43+/m0/s1. The first-order chi connectivity index (χ1) is 26.7. The third-order valence-electron chi connectivity index (χ3n) is 10.5. The van der Waals surface area contributed by atoms with Crippen LogP contribution >= 0.6 is 0 Å². The Morgan fingerprint density at radius 1 is 0.947 bits per heavy atom. The highest BCUT2D eigenvalue weighted by Crippen LogP contribution is 2.50. The van der Waals surface area contributed by atoms with E-state index in [0.717, 1.165) is 50.7 Å². The Labute approximate surface area is 339 Å². The highest BCUT2D eigenvalue weighted by molar-refractivity contribution is 5.83. The lowest BCUT2D eigenvalue weighted by molar-refractivity contribution is -0.313. The number of ether oxygens (including phenoxy) is 4. The van der Waals surface area contributed by atoms with Crippen molar-refractivity contribution in [3.05, 3.63) is 36.5 Å². The van der Waals surface area contributed by atoms with E-state index in [-0.39, 0.29) is 43.4 Å². The molecule has 0 saturated carbocycles. The van der Waals surface area contributed by atoms with Crippen molar-refractivity contribution < 1.29 is 68.8 Å². The lowest BCUT2D eigenvalue weighted by Crippen LogP contribution is -2.58. The second-order valence-electron chi connectivity index (χ2n) is 16.7. The first-order valence-electron chi connectivity index (χ1n) is 20.3. The number of carbonyl (C=O) groups is 4. The number of aliphatic hydroxyl groups is 6. The smallest absolute Gasteiger partial charge is 0.330 e. The summed E-state index contributed by atoms with van der Waals surface area (Å²) in [6, 6.07) is 0. The molecule has 328 valence electrons. The Morgan fingerprint density at radius 2 is 1.61 bits per heavy atom. The fourth-order valence-electron chi connectivity index (χ4n) is 7.66. The third-order valence-corrected chi connectivity index (χ3v) is 10.5. The van der Waals surface area contributed by atoms with Gasteiger partial charge in [0.15, 0.2) is 12.1 Å². The third kappa shape index (κ3) is 20.0. The quantitative estimate of drug-likeness (QED) is 0.0159. The zero-order valence-electron chi connectivity index (χ0n) is 35.3. The molecule has 6 N–H and O–H groups in total. The lowest BCUT2D eigenvalue weighted by atomic mass is 9.68. The van der Waals surface area contributed by atoms with Crippen molar-refractivity contribution in [2.24, 2.45) is 29.1 Å². The minimum absolute atomic E-state index is 0.00465. The van der Waals surface area contributed by atoms with Crippen LogP contribution in [0.1, 0.15) is 125 Å². The molecule has 0 radical (unpaired) electrons. The number of hydrogen-bond donors (Lipinski definition) is 6. The number of carbonyl (C=O) groups excluding carboxylic acids is 4. The zero-order valence-corrected chi connectivity index (χ0v) is 35.3. The predicted octanol–water partition coefficient (Wildman–Crippen LogP) is 4.61. The lowest BCUT2D eigenvalue weighted by Gasteiger charge is -2.52. The first kappa shape index (κ1) is 52.0. The highest BCUT2D eigenvalue weighted by atomic mass is 16.6. The topological polar surface area (TPSA) is 227 Å². The van der Waals surface area contributed by atoms with Crippen LogP contribution in [-0.2, 0) is 38.1 Å². The van der Waals surface area contributed by atoms with Crippen LogP contribution in [-0.4, -0.2) is 111 Å². The normalized spacial score (nSPS) is 22.7. The van der Waals surface area contributed by atoms with E-state index in [9.17, 15) is 49.8 Å². The predicted molar refractivity (Wildman–Crippen MR) is 213 cm³/mol. The Hall–Kier alpha value is -2.98. The average Bonchev–Trinajstić information content (AvgIpc) is 3.09. The van der Waals surface area contributed by atoms with Crippen molar-refractivity contribution >= 4 is 23.7 Å². The fraction of sp³-hybridized carbons (Fsp3) is 0.767. The molecule has 57 heavy (non-hydrogen) atoms. The summed E-state index contributed by atoms with van der Waals surface area (Å²) < 4.78 is 21.8. The molecule has 0 aromatic heterocycles. The van der Waals surface area contributed by atoms with Crippen molar-refractivity contribution in [3.8, 4) is 0 Å². The highest BCUT2D eigenvalue weighted by Gasteiger charge is 2.55. The van der Waals surface area contributed by atoms with Crippen LogP contribution in [0.15, 0.2) is 36.5 Å². The first-order valence-corrected chi connectivity index (χ1v) is 20.3. The van der Waals surface area contributed by atoms with E-state index < -0.39 is 72.8 Å². The SMILES string of the molecule is C=CCCCOC(=O)CC(C)CC(C)CC(C)CCC[C@H](O)C[C@@H](O)CC(=O)O[C@@H](CO)CC1C/C(=C\C(=O)OC)[C@H](CC(C)=O)[C@](O)(C(C)(C)/C=C/C(O)O)O1. The van der Waals surface area contributed by atoms with Crippen molar-refractivity contribution in [1.29, 1.82) is 0 Å². The van der Waals surface area contributed by atoms with E-state index in [4.69, 9.17) is 18.9 Å². The second-order valence-corrected chi connectivity index (χ2v) is 16.7. The van der Waals surface area contributed by atoms with Crippen molar-refractivity contribution in [1.82, 2.24) is 0 Å². The van der Waals surface area contributed by atoms with Gasteiger partial charge in [0.2, 0.25) is 0 Å². The van der Waals surface area contributed by atoms with Gasteiger partial charge < -0.3 is 54.4 Å². The van der Waals surface area contributed by atoms with Crippen molar-refractivity contribution in [3.63, 3.8) is 0 Å². The second kappa shape index (κ2) is 26.2. The van der Waals surface area contributed by atoms with Crippen molar-refractivity contribution in [2.45, 2.75) is 162 Å². The summed E-state index contributed by atoms with van der Waals surface area (Å²) in [7, 11) is 1.18. The van der Waals surface area contributed by atoms with Gasteiger partial charge in [0, 0.05) is 36.7 Å². The van der Waals surface area contributed by atoms with Gasteiger partial charge in [0.1, 0.15) is 11.9 Å². The molecule has 1 aliphatic heterocycles. The molecule has 0 aromatic carbocycles. The summed E-state index contributed by atoms with van der Waals surface area (Å²) in [5, 5.41) is 62.4. The molecule has 1 heterocycles. The van der Waals surface area contributed by atoms with Crippen LogP contribution in [0.5, 0.6) is 0 Å². The molecule has 14 heteroatoms. The van der Waals surface area contributed by atoms with E-state index in [1.54, 1.807) is 19.9 Å². The Balaban J connectivity index is 2.75. The van der Waals surface area contributed by atoms with Gasteiger partial charge in [-0.15, -0.1) is 6.58 Å². The molecule has 0 bridgehead atoms. The zero-order chi connectivity index (χ0) is 43.3. The molecule has 0 spiro atoms. The molecule has 1 saturated heterocycles.